The third kappa shape index (κ3) is 9.69. The molecule has 4 atom stereocenters. The van der Waals surface area contributed by atoms with Crippen LogP contribution in [0.3, 0.4) is 0 Å². The van der Waals surface area contributed by atoms with Crippen LogP contribution in [0.5, 0.6) is 0 Å². The fourth-order valence-corrected chi connectivity index (χ4v) is 8.41. The van der Waals surface area contributed by atoms with Gasteiger partial charge in [-0.15, -0.1) is 0 Å². The Balaban J connectivity index is 1.41. The Labute approximate surface area is 315 Å². The fraction of sp³-hybridized carbons (Fsp3) is 0.632. The molecule has 5 N–H and O–H groups in total. The number of fused-ring (bicyclic) bond motifs is 1. The van der Waals surface area contributed by atoms with Crippen LogP contribution in [0.25, 0.3) is 0 Å². The van der Waals surface area contributed by atoms with Crippen LogP contribution in [-0.2, 0) is 24.0 Å². The summed E-state index contributed by atoms with van der Waals surface area (Å²) < 4.78 is 1.30. The van der Waals surface area contributed by atoms with Crippen molar-refractivity contribution in [1.82, 2.24) is 18.6 Å². The molecular weight excluding hydrogens is 763 g/mol. The van der Waals surface area contributed by atoms with Crippen LogP contribution in [0.15, 0.2) is 36.4 Å². The third-order valence-electron chi connectivity index (χ3n) is 10.6. The maximum Gasteiger partial charge on any atom is 0.315 e. The SMILES string of the molecule is CC(C)(C)NC(=O)N[C@H](C(=O)N1CC2(C[C@H]1C(=O)N(I)[C@H](C/C=C/CCCCC(=O)Nc1ccccc1N)C(=O)C=O)CC21CCC1)C(C)(C)C. The number of para-hydroxylation sites is 2. The number of allylic oxidation sites excluding steroid dienone is 1. The smallest absolute Gasteiger partial charge is 0.315 e. The van der Waals surface area contributed by atoms with Gasteiger partial charge in [0.25, 0.3) is 5.91 Å². The molecule has 51 heavy (non-hydrogen) atoms. The van der Waals surface area contributed by atoms with E-state index in [1.54, 1.807) is 35.2 Å². The van der Waals surface area contributed by atoms with Crippen molar-refractivity contribution in [2.75, 3.05) is 17.6 Å². The Morgan fingerprint density at radius 3 is 2.29 bits per heavy atom. The molecule has 280 valence electrons. The van der Waals surface area contributed by atoms with Crippen molar-refractivity contribution in [3.63, 3.8) is 0 Å². The van der Waals surface area contributed by atoms with Gasteiger partial charge in [0.05, 0.1) is 34.2 Å². The highest BCUT2D eigenvalue weighted by Gasteiger charge is 2.73. The van der Waals surface area contributed by atoms with Gasteiger partial charge in [-0.2, -0.15) is 0 Å². The number of rotatable bonds is 14. The van der Waals surface area contributed by atoms with Crippen molar-refractivity contribution in [1.29, 1.82) is 0 Å². The summed E-state index contributed by atoms with van der Waals surface area (Å²) >= 11 is 1.82. The van der Waals surface area contributed by atoms with E-state index in [9.17, 15) is 28.8 Å². The lowest BCUT2D eigenvalue weighted by molar-refractivity contribution is -0.145. The average molecular weight is 819 g/mol. The molecule has 3 fully saturated rings. The second-order valence-electron chi connectivity index (χ2n) is 16.7. The molecule has 3 aliphatic rings. The van der Waals surface area contributed by atoms with Gasteiger partial charge in [0.15, 0.2) is 6.29 Å². The summed E-state index contributed by atoms with van der Waals surface area (Å²) in [6, 6.07) is 3.85. The molecule has 5 amide bonds. The van der Waals surface area contributed by atoms with Crippen LogP contribution in [0.1, 0.15) is 106 Å². The summed E-state index contributed by atoms with van der Waals surface area (Å²) in [6.45, 7) is 11.6. The fourth-order valence-electron chi connectivity index (χ4n) is 7.59. The molecule has 2 spiro atoms. The molecular formula is C38H55IN6O6. The molecule has 1 aromatic carbocycles. The molecule has 1 aromatic rings. The first-order chi connectivity index (χ1) is 23.8. The number of amides is 5. The van der Waals surface area contributed by atoms with E-state index in [1.807, 2.05) is 70.5 Å². The van der Waals surface area contributed by atoms with Crippen molar-refractivity contribution in [3.8, 4) is 0 Å². The number of aldehydes is 1. The molecule has 1 heterocycles. The predicted molar refractivity (Wildman–Crippen MR) is 206 cm³/mol. The number of carbonyl (C=O) groups is 6. The van der Waals surface area contributed by atoms with E-state index < -0.39 is 46.8 Å². The normalized spacial score (nSPS) is 21.9. The van der Waals surface area contributed by atoms with Crippen LogP contribution in [0.4, 0.5) is 16.2 Å². The van der Waals surface area contributed by atoms with Gasteiger partial charge in [0.2, 0.25) is 17.6 Å². The number of ketones is 1. The zero-order valence-corrected chi connectivity index (χ0v) is 33.0. The van der Waals surface area contributed by atoms with E-state index in [0.717, 1.165) is 32.1 Å². The topological polar surface area (TPSA) is 171 Å². The van der Waals surface area contributed by atoms with Crippen LogP contribution in [0, 0.1) is 16.2 Å². The van der Waals surface area contributed by atoms with Gasteiger partial charge in [-0.1, -0.05) is 51.5 Å². The summed E-state index contributed by atoms with van der Waals surface area (Å²) in [6.07, 6.45) is 11.1. The number of carbonyl (C=O) groups excluding carboxylic acids is 6. The molecule has 1 unspecified atom stereocenters. The highest BCUT2D eigenvalue weighted by molar-refractivity contribution is 14.1. The largest absolute Gasteiger partial charge is 0.397 e. The lowest BCUT2D eigenvalue weighted by Crippen LogP contribution is -2.60. The van der Waals surface area contributed by atoms with Gasteiger partial charge in [-0.3, -0.25) is 27.1 Å². The number of Topliss-reactive ketones (excluding diaryl/α,β-unsaturated/α-hetero) is 1. The van der Waals surface area contributed by atoms with Crippen LogP contribution < -0.4 is 21.7 Å². The van der Waals surface area contributed by atoms with E-state index in [4.69, 9.17) is 5.73 Å². The minimum absolute atomic E-state index is 0.124. The Bertz CT molecular complexity index is 1530. The highest BCUT2D eigenvalue weighted by atomic mass is 127. The molecule has 1 aliphatic heterocycles. The maximum absolute atomic E-state index is 14.4. The second-order valence-corrected chi connectivity index (χ2v) is 17.7. The van der Waals surface area contributed by atoms with Gasteiger partial charge >= 0.3 is 6.03 Å². The monoisotopic (exact) mass is 818 g/mol. The van der Waals surface area contributed by atoms with Crippen molar-refractivity contribution >= 4 is 70.1 Å². The quantitative estimate of drug-likeness (QED) is 0.0355. The molecule has 13 heteroatoms. The summed E-state index contributed by atoms with van der Waals surface area (Å²) in [7, 11) is 0. The van der Waals surface area contributed by atoms with Crippen LogP contribution >= 0.6 is 22.9 Å². The Morgan fingerprint density at radius 1 is 1.04 bits per heavy atom. The minimum atomic E-state index is -1.03. The lowest BCUT2D eigenvalue weighted by Gasteiger charge is -2.37. The maximum atomic E-state index is 14.4. The molecule has 2 saturated carbocycles. The first kappa shape index (κ1) is 40.3. The molecule has 1 saturated heterocycles. The molecule has 2 aliphatic carbocycles. The third-order valence-corrected chi connectivity index (χ3v) is 11.7. The van der Waals surface area contributed by atoms with Gasteiger partial charge in [-0.25, -0.2) is 4.79 Å². The first-order valence-corrected chi connectivity index (χ1v) is 19.0. The van der Waals surface area contributed by atoms with Crippen molar-refractivity contribution in [3.05, 3.63) is 36.4 Å². The molecule has 0 radical (unpaired) electrons. The summed E-state index contributed by atoms with van der Waals surface area (Å²) in [5, 5.41) is 8.57. The van der Waals surface area contributed by atoms with E-state index >= 15 is 0 Å². The van der Waals surface area contributed by atoms with Crippen molar-refractivity contribution in [2.45, 2.75) is 129 Å². The van der Waals surface area contributed by atoms with Crippen LogP contribution in [-0.4, -0.2) is 74.0 Å². The average Bonchev–Trinajstić information content (AvgIpc) is 3.54. The van der Waals surface area contributed by atoms with E-state index in [-0.39, 0.29) is 35.4 Å². The van der Waals surface area contributed by atoms with Crippen molar-refractivity contribution in [2.24, 2.45) is 16.2 Å². The number of hydrogen-bond acceptors (Lipinski definition) is 7. The van der Waals surface area contributed by atoms with Gasteiger partial charge < -0.3 is 26.6 Å². The summed E-state index contributed by atoms with van der Waals surface area (Å²) in [5.74, 6) is -1.57. The second kappa shape index (κ2) is 16.0. The standard InChI is InChI=1S/C38H55IN6O6/c1-35(2,3)31(42-34(51)43-36(4,5)6)33(50)44-24-38(23-37(38)19-14-20-37)21-28(44)32(49)45(39)27(29(47)22-46)17-10-8-7-9-11-18-30(48)41-26-16-13-12-15-25(26)40/h8,10,12-13,15-16,22,27-28,31H,7,9,11,14,17-21,23-24,40H2,1-6H3,(H,41,48)(H2,42,43,51)/b10-8+/t27-,28+,31-,38?/m1/s1. The number of urea groups is 1. The van der Waals surface area contributed by atoms with Crippen LogP contribution in [0.2, 0.25) is 0 Å². The first-order valence-electron chi connectivity index (χ1n) is 18.0. The van der Waals surface area contributed by atoms with E-state index in [1.165, 1.54) is 3.11 Å². The molecule has 12 nitrogen and oxygen atoms in total. The number of nitrogens with two attached hydrogens (primary N) is 1. The zero-order chi connectivity index (χ0) is 37.8. The van der Waals surface area contributed by atoms with Crippen molar-refractivity contribution < 1.29 is 28.8 Å². The molecule has 4 rings (SSSR count). The summed E-state index contributed by atoms with van der Waals surface area (Å²) in [4.78, 5) is 80.3. The van der Waals surface area contributed by atoms with Gasteiger partial charge in [0.1, 0.15) is 18.1 Å². The number of likely N-dealkylation sites (tertiary alicyclic amines) is 1. The number of benzene rings is 1. The number of nitrogen functional groups attached to an aromatic ring is 1. The predicted octanol–water partition coefficient (Wildman–Crippen LogP) is 5.70. The van der Waals surface area contributed by atoms with Gasteiger partial charge in [0, 0.05) is 18.5 Å². The summed E-state index contributed by atoms with van der Waals surface area (Å²) in [5.41, 5.74) is 5.79. The number of anilines is 2. The lowest BCUT2D eigenvalue weighted by atomic mass is 9.74. The molecule has 0 bridgehead atoms. The van der Waals surface area contributed by atoms with Gasteiger partial charge in [-0.05, 0) is 101 Å². The number of nitrogens with zero attached hydrogens (tertiary/aromatic N) is 2. The Kier molecular flexibility index (Phi) is 12.7. The Morgan fingerprint density at radius 2 is 1.73 bits per heavy atom. The van der Waals surface area contributed by atoms with E-state index in [2.05, 4.69) is 16.0 Å². The number of hydrogen-bond donors (Lipinski definition) is 4. The minimum Gasteiger partial charge on any atom is -0.397 e. The highest BCUT2D eigenvalue weighted by Crippen LogP contribution is 2.77. The van der Waals surface area contributed by atoms with E-state index in [0.29, 0.717) is 43.6 Å². The molecule has 0 aromatic heterocycles. The number of unbranched alkanes of at least 4 members (excludes halogenated alkanes) is 2. The number of nitrogens with one attached hydrogen (secondary N) is 3. The zero-order valence-electron chi connectivity index (χ0n) is 30.9. The number of halogens is 1. The Hall–Kier alpha value is -3.49.